The molecule has 110 valence electrons. The second-order valence-electron chi connectivity index (χ2n) is 5.84. The van der Waals surface area contributed by atoms with Crippen molar-refractivity contribution in [2.24, 2.45) is 5.73 Å². The standard InChI is InChI=1S/C14H28N4O/c1-2-5-16-8-10-17(11-9-16)12-14(19)18-6-3-13(15)4-7-18/h13H,2-12,15H2,1H3. The Kier molecular flexibility index (Phi) is 5.60. The van der Waals surface area contributed by atoms with Crippen molar-refractivity contribution in [3.05, 3.63) is 0 Å². The first-order valence-electron chi connectivity index (χ1n) is 7.67. The van der Waals surface area contributed by atoms with Crippen molar-refractivity contribution in [2.45, 2.75) is 32.2 Å². The summed E-state index contributed by atoms with van der Waals surface area (Å²) in [7, 11) is 0. The van der Waals surface area contributed by atoms with Gasteiger partial charge in [0.1, 0.15) is 0 Å². The van der Waals surface area contributed by atoms with Crippen molar-refractivity contribution in [1.82, 2.24) is 14.7 Å². The van der Waals surface area contributed by atoms with E-state index in [0.29, 0.717) is 12.6 Å². The monoisotopic (exact) mass is 268 g/mol. The summed E-state index contributed by atoms with van der Waals surface area (Å²) in [5.74, 6) is 0.288. The normalized spacial score (nSPS) is 23.8. The van der Waals surface area contributed by atoms with Crippen LogP contribution in [0.5, 0.6) is 0 Å². The Bertz CT molecular complexity index is 281. The van der Waals surface area contributed by atoms with Crippen LogP contribution in [-0.2, 0) is 4.79 Å². The first kappa shape index (κ1) is 14.8. The molecule has 0 aromatic rings. The van der Waals surface area contributed by atoms with Crippen LogP contribution >= 0.6 is 0 Å². The number of piperazine rings is 1. The van der Waals surface area contributed by atoms with Crippen molar-refractivity contribution in [2.75, 3.05) is 52.4 Å². The van der Waals surface area contributed by atoms with Gasteiger partial charge >= 0.3 is 0 Å². The largest absolute Gasteiger partial charge is 0.341 e. The second-order valence-corrected chi connectivity index (χ2v) is 5.84. The average Bonchev–Trinajstić information content (AvgIpc) is 2.42. The van der Waals surface area contributed by atoms with Gasteiger partial charge in [-0.3, -0.25) is 9.69 Å². The van der Waals surface area contributed by atoms with Crippen LogP contribution in [0.4, 0.5) is 0 Å². The molecule has 2 aliphatic rings. The molecular weight excluding hydrogens is 240 g/mol. The van der Waals surface area contributed by atoms with Gasteiger partial charge in [0.05, 0.1) is 6.54 Å². The summed E-state index contributed by atoms with van der Waals surface area (Å²) in [6, 6.07) is 0.293. The molecule has 19 heavy (non-hydrogen) atoms. The SMILES string of the molecule is CCCN1CCN(CC(=O)N2CCC(N)CC2)CC1. The summed E-state index contributed by atoms with van der Waals surface area (Å²) in [6.07, 6.45) is 3.12. The smallest absolute Gasteiger partial charge is 0.236 e. The number of carbonyl (C=O) groups is 1. The molecule has 0 bridgehead atoms. The summed E-state index contributed by atoms with van der Waals surface area (Å²) >= 11 is 0. The Labute approximate surface area is 116 Å². The molecule has 0 radical (unpaired) electrons. The molecule has 2 rings (SSSR count). The zero-order valence-electron chi connectivity index (χ0n) is 12.2. The van der Waals surface area contributed by atoms with E-state index in [-0.39, 0.29) is 5.91 Å². The predicted octanol–water partition coefficient (Wildman–Crippen LogP) is -0.0363. The predicted molar refractivity (Wildman–Crippen MR) is 77.0 cm³/mol. The summed E-state index contributed by atoms with van der Waals surface area (Å²) in [5, 5.41) is 0. The number of nitrogens with zero attached hydrogens (tertiary/aromatic N) is 3. The number of likely N-dealkylation sites (tertiary alicyclic amines) is 1. The molecule has 2 fully saturated rings. The van der Waals surface area contributed by atoms with Crippen LogP contribution in [0, 0.1) is 0 Å². The van der Waals surface area contributed by atoms with E-state index in [4.69, 9.17) is 5.73 Å². The lowest BCUT2D eigenvalue weighted by atomic mass is 10.1. The number of carbonyl (C=O) groups excluding carboxylic acids is 1. The van der Waals surface area contributed by atoms with Crippen molar-refractivity contribution in [3.63, 3.8) is 0 Å². The van der Waals surface area contributed by atoms with Gasteiger partial charge in [-0.1, -0.05) is 6.92 Å². The van der Waals surface area contributed by atoms with Gasteiger partial charge in [0.2, 0.25) is 5.91 Å². The number of piperidine rings is 1. The van der Waals surface area contributed by atoms with Gasteiger partial charge < -0.3 is 15.5 Å². The van der Waals surface area contributed by atoms with Gasteiger partial charge in [-0.05, 0) is 25.8 Å². The second kappa shape index (κ2) is 7.22. The van der Waals surface area contributed by atoms with Crippen molar-refractivity contribution < 1.29 is 4.79 Å². The molecule has 5 heteroatoms. The maximum atomic E-state index is 12.2. The van der Waals surface area contributed by atoms with Crippen LogP contribution in [0.1, 0.15) is 26.2 Å². The van der Waals surface area contributed by atoms with Gasteiger partial charge in [-0.15, -0.1) is 0 Å². The van der Waals surface area contributed by atoms with Gasteiger partial charge in [-0.2, -0.15) is 0 Å². The summed E-state index contributed by atoms with van der Waals surface area (Å²) in [6.45, 7) is 9.94. The molecular formula is C14H28N4O. The minimum Gasteiger partial charge on any atom is -0.341 e. The van der Waals surface area contributed by atoms with E-state index in [2.05, 4.69) is 16.7 Å². The maximum Gasteiger partial charge on any atom is 0.236 e. The summed E-state index contributed by atoms with van der Waals surface area (Å²) in [5.41, 5.74) is 5.87. The van der Waals surface area contributed by atoms with Crippen LogP contribution in [0.3, 0.4) is 0 Å². The van der Waals surface area contributed by atoms with Crippen LogP contribution in [0.2, 0.25) is 0 Å². The summed E-state index contributed by atoms with van der Waals surface area (Å²) < 4.78 is 0. The molecule has 0 aliphatic carbocycles. The first-order chi connectivity index (χ1) is 9.19. The highest BCUT2D eigenvalue weighted by atomic mass is 16.2. The molecule has 2 aliphatic heterocycles. The highest BCUT2D eigenvalue weighted by Gasteiger charge is 2.24. The number of rotatable bonds is 4. The fourth-order valence-corrected chi connectivity index (χ4v) is 2.93. The lowest BCUT2D eigenvalue weighted by molar-refractivity contribution is -0.133. The Morgan fingerprint density at radius 2 is 1.63 bits per heavy atom. The zero-order valence-corrected chi connectivity index (χ0v) is 12.2. The third-order valence-corrected chi connectivity index (χ3v) is 4.26. The Hall–Kier alpha value is -0.650. The van der Waals surface area contributed by atoms with E-state index in [1.54, 1.807) is 0 Å². The molecule has 2 N–H and O–H groups in total. The topological polar surface area (TPSA) is 52.8 Å². The number of hydrogen-bond donors (Lipinski definition) is 1. The molecule has 5 nitrogen and oxygen atoms in total. The molecule has 0 atom stereocenters. The Morgan fingerprint density at radius 1 is 1.05 bits per heavy atom. The molecule has 0 unspecified atom stereocenters. The lowest BCUT2D eigenvalue weighted by Gasteiger charge is -2.36. The van der Waals surface area contributed by atoms with Gasteiger partial charge in [0.25, 0.3) is 0 Å². The fraction of sp³-hybridized carbons (Fsp3) is 0.929. The fourth-order valence-electron chi connectivity index (χ4n) is 2.93. The third-order valence-electron chi connectivity index (χ3n) is 4.26. The van der Waals surface area contributed by atoms with Gasteiger partial charge in [0.15, 0.2) is 0 Å². The minimum atomic E-state index is 0.288. The molecule has 0 aromatic carbocycles. The van der Waals surface area contributed by atoms with Crippen LogP contribution in [0.25, 0.3) is 0 Å². The van der Waals surface area contributed by atoms with Crippen LogP contribution in [0.15, 0.2) is 0 Å². The molecule has 0 aromatic heterocycles. The van der Waals surface area contributed by atoms with Crippen molar-refractivity contribution >= 4 is 5.91 Å². The molecule has 0 spiro atoms. The van der Waals surface area contributed by atoms with E-state index in [1.807, 2.05) is 4.90 Å². The number of hydrogen-bond acceptors (Lipinski definition) is 4. The van der Waals surface area contributed by atoms with E-state index in [1.165, 1.54) is 13.0 Å². The van der Waals surface area contributed by atoms with Gasteiger partial charge in [0, 0.05) is 45.3 Å². The highest BCUT2D eigenvalue weighted by Crippen LogP contribution is 2.09. The van der Waals surface area contributed by atoms with Crippen molar-refractivity contribution in [1.29, 1.82) is 0 Å². The number of nitrogens with two attached hydrogens (primary N) is 1. The molecule has 1 amide bonds. The lowest BCUT2D eigenvalue weighted by Crippen LogP contribution is -2.51. The highest BCUT2D eigenvalue weighted by molar-refractivity contribution is 5.78. The first-order valence-corrected chi connectivity index (χ1v) is 7.67. The average molecular weight is 268 g/mol. The van der Waals surface area contributed by atoms with E-state index in [0.717, 1.165) is 52.1 Å². The van der Waals surface area contributed by atoms with Crippen molar-refractivity contribution in [3.8, 4) is 0 Å². The molecule has 2 saturated heterocycles. The van der Waals surface area contributed by atoms with Crippen LogP contribution in [-0.4, -0.2) is 79.0 Å². The van der Waals surface area contributed by atoms with E-state index >= 15 is 0 Å². The molecule has 2 heterocycles. The Balaban J connectivity index is 1.69. The number of amides is 1. The Morgan fingerprint density at radius 3 is 2.21 bits per heavy atom. The van der Waals surface area contributed by atoms with E-state index in [9.17, 15) is 4.79 Å². The van der Waals surface area contributed by atoms with E-state index < -0.39 is 0 Å². The quantitative estimate of drug-likeness (QED) is 0.777. The maximum absolute atomic E-state index is 12.2. The molecule has 0 saturated carbocycles. The zero-order chi connectivity index (χ0) is 13.7. The third kappa shape index (κ3) is 4.44. The van der Waals surface area contributed by atoms with Gasteiger partial charge in [-0.25, -0.2) is 0 Å². The minimum absolute atomic E-state index is 0.288. The van der Waals surface area contributed by atoms with Crippen LogP contribution < -0.4 is 5.73 Å². The summed E-state index contributed by atoms with van der Waals surface area (Å²) in [4.78, 5) is 19.0.